The fraction of sp³-hybridized carbons (Fsp3) is 0.0526. The quantitative estimate of drug-likeness (QED) is 0.420. The summed E-state index contributed by atoms with van der Waals surface area (Å²) < 4.78 is 0. The zero-order valence-corrected chi connectivity index (χ0v) is 13.8. The maximum Gasteiger partial charge on any atom is 0.260 e. The molecule has 5 heteroatoms. The van der Waals surface area contributed by atoms with Gasteiger partial charge in [-0.25, -0.2) is 0 Å². The van der Waals surface area contributed by atoms with Gasteiger partial charge in [-0.1, -0.05) is 53.7 Å². The zero-order chi connectivity index (χ0) is 17.1. The van der Waals surface area contributed by atoms with Crippen molar-refractivity contribution in [2.75, 3.05) is 0 Å². The molecule has 0 amide bonds. The minimum absolute atomic E-state index is 0.176. The second-order valence-electron chi connectivity index (χ2n) is 5.14. The van der Waals surface area contributed by atoms with Crippen LogP contribution in [0.1, 0.15) is 12.5 Å². The fourth-order valence-corrected chi connectivity index (χ4v) is 2.77. The van der Waals surface area contributed by atoms with Crippen molar-refractivity contribution in [3.63, 3.8) is 0 Å². The second-order valence-corrected chi connectivity index (χ2v) is 5.57. The van der Waals surface area contributed by atoms with E-state index in [4.69, 9.17) is 16.4 Å². The van der Waals surface area contributed by atoms with Gasteiger partial charge in [0.05, 0.1) is 5.56 Å². The molecule has 2 aromatic carbocycles. The molecule has 0 aliphatic rings. The summed E-state index contributed by atoms with van der Waals surface area (Å²) in [5.41, 5.74) is 2.32. The van der Waals surface area contributed by atoms with E-state index in [9.17, 15) is 4.79 Å². The van der Waals surface area contributed by atoms with Crippen LogP contribution < -0.4 is 5.56 Å². The molecule has 24 heavy (non-hydrogen) atoms. The lowest BCUT2D eigenvalue weighted by Gasteiger charge is -2.13. The van der Waals surface area contributed by atoms with Gasteiger partial charge in [0.2, 0.25) is 0 Å². The van der Waals surface area contributed by atoms with E-state index < -0.39 is 0 Å². The Balaban J connectivity index is 2.39. The van der Waals surface area contributed by atoms with Crippen LogP contribution in [-0.2, 0) is 4.84 Å². The zero-order valence-electron chi connectivity index (χ0n) is 13.0. The van der Waals surface area contributed by atoms with Gasteiger partial charge in [0.25, 0.3) is 5.56 Å². The van der Waals surface area contributed by atoms with Gasteiger partial charge in [-0.05, 0) is 30.7 Å². The molecule has 0 unspecified atom stereocenters. The van der Waals surface area contributed by atoms with Gasteiger partial charge >= 0.3 is 0 Å². The van der Waals surface area contributed by atoms with Crippen LogP contribution in [-0.4, -0.2) is 11.2 Å². The molecule has 0 spiro atoms. The van der Waals surface area contributed by atoms with Crippen LogP contribution in [0.15, 0.2) is 65.1 Å². The van der Waals surface area contributed by atoms with E-state index in [1.807, 2.05) is 36.4 Å². The highest BCUT2D eigenvalue weighted by Crippen LogP contribution is 2.33. The Morgan fingerprint density at radius 2 is 2.00 bits per heavy atom. The molecule has 1 aromatic heterocycles. The molecule has 3 aromatic rings. The first-order valence-electron chi connectivity index (χ1n) is 7.37. The van der Waals surface area contributed by atoms with Crippen molar-refractivity contribution >= 4 is 34.5 Å². The number of fused-ring (bicyclic) bond motifs is 1. The summed E-state index contributed by atoms with van der Waals surface area (Å²) in [6.07, 6.45) is 1.49. The van der Waals surface area contributed by atoms with E-state index in [0.29, 0.717) is 21.7 Å². The monoisotopic (exact) mass is 338 g/mol. The van der Waals surface area contributed by atoms with E-state index >= 15 is 0 Å². The van der Waals surface area contributed by atoms with Gasteiger partial charge < -0.3 is 9.82 Å². The van der Waals surface area contributed by atoms with E-state index in [0.717, 1.165) is 10.9 Å². The number of hydrogen-bond acceptors (Lipinski definition) is 3. The average molecular weight is 339 g/mol. The molecule has 0 saturated heterocycles. The molecule has 1 N–H and O–H groups in total. The normalized spacial score (nSPS) is 11.1. The number of hydrogen-bond donors (Lipinski definition) is 1. The third kappa shape index (κ3) is 2.96. The smallest absolute Gasteiger partial charge is 0.260 e. The van der Waals surface area contributed by atoms with E-state index in [1.54, 1.807) is 19.1 Å². The lowest BCUT2D eigenvalue weighted by Crippen LogP contribution is -2.14. The number of aromatic nitrogens is 1. The first-order chi connectivity index (χ1) is 11.6. The molecule has 0 aliphatic carbocycles. The van der Waals surface area contributed by atoms with Crippen molar-refractivity contribution < 1.29 is 4.84 Å². The maximum absolute atomic E-state index is 12.6. The van der Waals surface area contributed by atoms with Crippen LogP contribution in [0.4, 0.5) is 0 Å². The molecule has 0 radical (unpaired) electrons. The average Bonchev–Trinajstić information content (AvgIpc) is 2.59. The van der Waals surface area contributed by atoms with Gasteiger partial charge in [-0.3, -0.25) is 4.79 Å². The number of halogens is 1. The van der Waals surface area contributed by atoms with Crippen molar-refractivity contribution in [2.45, 2.75) is 6.92 Å². The Kier molecular flexibility index (Phi) is 4.49. The molecule has 4 nitrogen and oxygen atoms in total. The predicted molar refractivity (Wildman–Crippen MR) is 99.3 cm³/mol. The van der Waals surface area contributed by atoms with Crippen molar-refractivity contribution in [3.05, 3.63) is 76.0 Å². The van der Waals surface area contributed by atoms with Gasteiger partial charge in [-0.2, -0.15) is 0 Å². The minimum atomic E-state index is -0.292. The van der Waals surface area contributed by atoms with Crippen molar-refractivity contribution in [3.8, 4) is 11.1 Å². The van der Waals surface area contributed by atoms with Crippen LogP contribution in [0, 0.1) is 0 Å². The first-order valence-corrected chi connectivity index (χ1v) is 7.75. The number of rotatable bonds is 4. The van der Waals surface area contributed by atoms with Crippen LogP contribution in [0.5, 0.6) is 0 Å². The third-order valence-electron chi connectivity index (χ3n) is 3.59. The van der Waals surface area contributed by atoms with Gasteiger partial charge in [0.1, 0.15) is 0 Å². The Labute approximate surface area is 144 Å². The lowest BCUT2D eigenvalue weighted by molar-refractivity contribution is 0.301. The lowest BCUT2D eigenvalue weighted by atomic mass is 9.95. The number of aromatic amines is 1. The highest BCUT2D eigenvalue weighted by molar-refractivity contribution is 6.31. The molecule has 0 fully saturated rings. The van der Waals surface area contributed by atoms with Crippen LogP contribution >= 0.6 is 11.6 Å². The molecular weight excluding hydrogens is 324 g/mol. The Bertz CT molecular complexity index is 991. The largest absolute Gasteiger partial charge is 0.357 e. The number of H-pyrrole nitrogens is 1. The van der Waals surface area contributed by atoms with Crippen molar-refractivity contribution in [1.82, 2.24) is 4.98 Å². The van der Waals surface area contributed by atoms with Crippen LogP contribution in [0.3, 0.4) is 0 Å². The summed E-state index contributed by atoms with van der Waals surface area (Å²) in [5.74, 6) is 0.176. The van der Waals surface area contributed by atoms with Crippen molar-refractivity contribution in [1.29, 1.82) is 0 Å². The fourth-order valence-electron chi connectivity index (χ4n) is 2.60. The molecule has 0 aliphatic heterocycles. The highest BCUT2D eigenvalue weighted by atomic mass is 35.5. The number of benzene rings is 2. The summed E-state index contributed by atoms with van der Waals surface area (Å²) in [6, 6.07) is 14.9. The number of nitrogens with zero attached hydrogens (tertiary/aromatic N) is 1. The molecule has 0 bridgehead atoms. The standard InChI is InChI=1S/C19H15ClN2O2/c1-3-21-24-12(2)17-18(13-7-5-4-6-8-13)15-11-14(20)9-10-16(15)22-19(17)23/h3-11H,2H2,1H3,(H,22,23)/b21-3+. The summed E-state index contributed by atoms with van der Waals surface area (Å²) >= 11 is 6.16. The molecule has 120 valence electrons. The first kappa shape index (κ1) is 16.0. The molecule has 0 saturated carbocycles. The Hall–Kier alpha value is -2.85. The Morgan fingerprint density at radius 3 is 2.71 bits per heavy atom. The van der Waals surface area contributed by atoms with E-state index in [-0.39, 0.29) is 11.3 Å². The minimum Gasteiger partial charge on any atom is -0.357 e. The Morgan fingerprint density at radius 1 is 1.25 bits per heavy atom. The van der Waals surface area contributed by atoms with Gasteiger partial charge in [0, 0.05) is 27.7 Å². The third-order valence-corrected chi connectivity index (χ3v) is 3.82. The number of pyridine rings is 1. The van der Waals surface area contributed by atoms with Crippen molar-refractivity contribution in [2.24, 2.45) is 5.16 Å². The second kappa shape index (κ2) is 6.72. The summed E-state index contributed by atoms with van der Waals surface area (Å²) in [7, 11) is 0. The van der Waals surface area contributed by atoms with Gasteiger partial charge in [-0.15, -0.1) is 0 Å². The highest BCUT2D eigenvalue weighted by Gasteiger charge is 2.18. The summed E-state index contributed by atoms with van der Waals surface area (Å²) in [5, 5.41) is 5.11. The summed E-state index contributed by atoms with van der Waals surface area (Å²) in [4.78, 5) is 20.7. The molecule has 3 rings (SSSR count). The molecule has 1 heterocycles. The van der Waals surface area contributed by atoms with Gasteiger partial charge in [0.15, 0.2) is 5.76 Å². The summed E-state index contributed by atoms with van der Waals surface area (Å²) in [6.45, 7) is 5.57. The number of oxime groups is 1. The van der Waals surface area contributed by atoms with E-state index in [1.165, 1.54) is 6.21 Å². The molecular formula is C19H15ClN2O2. The van der Waals surface area contributed by atoms with Crippen LogP contribution in [0.25, 0.3) is 27.8 Å². The van der Waals surface area contributed by atoms with Crippen LogP contribution in [0.2, 0.25) is 5.02 Å². The molecule has 0 atom stereocenters. The number of nitrogens with one attached hydrogen (secondary N) is 1. The topological polar surface area (TPSA) is 54.4 Å². The van der Waals surface area contributed by atoms with E-state index in [2.05, 4.69) is 16.7 Å². The SMILES string of the molecule is C=C(O/N=C/C)c1c(-c2ccccc2)c2cc(Cl)ccc2[nH]c1=O. The maximum atomic E-state index is 12.6. The predicted octanol–water partition coefficient (Wildman–Crippen LogP) is 4.84.